The first-order valence-corrected chi connectivity index (χ1v) is 14.3. The molecule has 9 nitrogen and oxygen atoms in total. The minimum Gasteiger partial charge on any atom is -0.497 e. The van der Waals surface area contributed by atoms with Crippen LogP contribution >= 0.6 is 0 Å². The van der Waals surface area contributed by atoms with Crippen molar-refractivity contribution in [2.75, 3.05) is 25.2 Å². The third kappa shape index (κ3) is 4.90. The number of hydrogen-bond acceptors (Lipinski definition) is 5. The molecule has 0 unspecified atom stereocenters. The predicted molar refractivity (Wildman–Crippen MR) is 160 cm³/mol. The van der Waals surface area contributed by atoms with Gasteiger partial charge in [0.05, 0.1) is 18.9 Å². The van der Waals surface area contributed by atoms with E-state index in [4.69, 9.17) is 9.47 Å². The summed E-state index contributed by atoms with van der Waals surface area (Å²) >= 11 is 0. The third-order valence-corrected chi connectivity index (χ3v) is 7.90. The zero-order valence-electron chi connectivity index (χ0n) is 23.9. The van der Waals surface area contributed by atoms with E-state index in [-0.39, 0.29) is 17.9 Å². The van der Waals surface area contributed by atoms with Gasteiger partial charge < -0.3 is 19.8 Å². The highest BCUT2D eigenvalue weighted by Crippen LogP contribution is 2.45. The molecular formula is C33H34N4O5. The molecule has 4 aromatic rings. The number of nitrogens with zero attached hydrogens (tertiary/aromatic N) is 2. The van der Waals surface area contributed by atoms with Crippen molar-refractivity contribution in [3.8, 4) is 5.75 Å². The van der Waals surface area contributed by atoms with Crippen molar-refractivity contribution in [3.63, 3.8) is 0 Å². The van der Waals surface area contributed by atoms with Crippen LogP contribution in [0.2, 0.25) is 0 Å². The van der Waals surface area contributed by atoms with Crippen LogP contribution in [0.3, 0.4) is 0 Å². The van der Waals surface area contributed by atoms with Gasteiger partial charge in [-0.3, -0.25) is 14.5 Å². The standard InChI is InChI=1S/C33H34N4O5/c1-20(2)42-17-7-16-34-31(38)21-12-14-23(15-13-21)36-32(39)28-19-26-25-10-4-5-11-27(25)35-29(26)30(37(28)33(36)40)22-8-6-9-24(18-22)41-3/h4-6,8-15,18,20,28,30,35H,7,16-17,19H2,1-3H3,(H,34,38)/t28-,30-/m0/s1. The maximum Gasteiger partial charge on any atom is 0.332 e. The van der Waals surface area contributed by atoms with E-state index in [0.717, 1.165) is 27.7 Å². The van der Waals surface area contributed by atoms with E-state index in [9.17, 15) is 14.4 Å². The lowest BCUT2D eigenvalue weighted by Crippen LogP contribution is -2.44. The lowest BCUT2D eigenvalue weighted by atomic mass is 9.89. The number of aromatic nitrogens is 1. The van der Waals surface area contributed by atoms with Crippen LogP contribution in [0.4, 0.5) is 10.5 Å². The summed E-state index contributed by atoms with van der Waals surface area (Å²) in [7, 11) is 1.61. The molecule has 6 rings (SSSR count). The lowest BCUT2D eigenvalue weighted by molar-refractivity contribution is -0.120. The highest BCUT2D eigenvalue weighted by Gasteiger charge is 2.53. The topological polar surface area (TPSA) is 104 Å². The van der Waals surface area contributed by atoms with Crippen molar-refractivity contribution in [2.45, 2.75) is 44.9 Å². The quantitative estimate of drug-likeness (QED) is 0.214. The first-order valence-electron chi connectivity index (χ1n) is 14.3. The van der Waals surface area contributed by atoms with Crippen LogP contribution in [0, 0.1) is 0 Å². The average Bonchev–Trinajstić information content (AvgIpc) is 3.49. The highest BCUT2D eigenvalue weighted by molar-refractivity contribution is 6.22. The molecule has 0 bridgehead atoms. The number of fused-ring (bicyclic) bond motifs is 4. The molecule has 1 saturated heterocycles. The summed E-state index contributed by atoms with van der Waals surface area (Å²) in [5, 5.41) is 3.93. The number of amides is 4. The van der Waals surface area contributed by atoms with Gasteiger partial charge in [0, 0.05) is 41.7 Å². The Balaban J connectivity index is 1.29. The molecule has 2 N–H and O–H groups in total. The van der Waals surface area contributed by atoms with Gasteiger partial charge in [-0.25, -0.2) is 9.69 Å². The number of urea groups is 1. The largest absolute Gasteiger partial charge is 0.497 e. The molecular weight excluding hydrogens is 532 g/mol. The number of imide groups is 1. The van der Waals surface area contributed by atoms with E-state index in [1.165, 1.54) is 4.90 Å². The normalized spacial score (nSPS) is 18.0. The van der Waals surface area contributed by atoms with E-state index < -0.39 is 18.1 Å². The number of ether oxygens (including phenoxy) is 2. The fourth-order valence-electron chi connectivity index (χ4n) is 5.93. The summed E-state index contributed by atoms with van der Waals surface area (Å²) in [5.41, 5.74) is 4.63. The fourth-order valence-corrected chi connectivity index (χ4v) is 5.93. The molecule has 9 heteroatoms. The van der Waals surface area contributed by atoms with Crippen LogP contribution in [0.25, 0.3) is 10.9 Å². The summed E-state index contributed by atoms with van der Waals surface area (Å²) in [5.74, 6) is 0.167. The molecule has 3 aromatic carbocycles. The zero-order chi connectivity index (χ0) is 29.4. The summed E-state index contributed by atoms with van der Waals surface area (Å²) in [6.07, 6.45) is 1.27. The maximum atomic E-state index is 14.1. The van der Waals surface area contributed by atoms with Gasteiger partial charge in [-0.1, -0.05) is 30.3 Å². The van der Waals surface area contributed by atoms with Crippen molar-refractivity contribution in [1.82, 2.24) is 15.2 Å². The first-order chi connectivity index (χ1) is 20.4. The molecule has 2 aliphatic heterocycles. The number of anilines is 1. The van der Waals surface area contributed by atoms with Gasteiger partial charge in [-0.15, -0.1) is 0 Å². The summed E-state index contributed by atoms with van der Waals surface area (Å²) < 4.78 is 11.0. The molecule has 0 radical (unpaired) electrons. The molecule has 3 heterocycles. The lowest BCUT2D eigenvalue weighted by Gasteiger charge is -2.36. The minimum absolute atomic E-state index is 0.152. The van der Waals surface area contributed by atoms with Crippen molar-refractivity contribution in [3.05, 3.63) is 95.2 Å². The Bertz CT molecular complexity index is 1640. The van der Waals surface area contributed by atoms with Gasteiger partial charge in [0.25, 0.3) is 11.8 Å². The Kier molecular flexibility index (Phi) is 7.43. The highest BCUT2D eigenvalue weighted by atomic mass is 16.5. The SMILES string of the molecule is COc1cccc([C@H]2c3[nH]c4ccccc4c3C[C@H]3C(=O)N(c4ccc(C(=O)NCCCOC(C)C)cc4)C(=O)N23)c1. The second-order valence-electron chi connectivity index (χ2n) is 10.9. The number of nitrogens with one attached hydrogen (secondary N) is 2. The van der Waals surface area contributed by atoms with Crippen molar-refractivity contribution in [2.24, 2.45) is 0 Å². The van der Waals surface area contributed by atoms with E-state index in [0.29, 0.717) is 43.0 Å². The van der Waals surface area contributed by atoms with Gasteiger partial charge >= 0.3 is 6.03 Å². The van der Waals surface area contributed by atoms with Gasteiger partial charge in [0.15, 0.2) is 0 Å². The van der Waals surface area contributed by atoms with Crippen molar-refractivity contribution < 1.29 is 23.9 Å². The molecule has 42 heavy (non-hydrogen) atoms. The van der Waals surface area contributed by atoms with Crippen molar-refractivity contribution >= 4 is 34.4 Å². The number of carbonyl (C=O) groups is 3. The predicted octanol–water partition coefficient (Wildman–Crippen LogP) is 5.20. The molecule has 0 spiro atoms. The molecule has 4 amide bonds. The monoisotopic (exact) mass is 566 g/mol. The third-order valence-electron chi connectivity index (χ3n) is 7.90. The summed E-state index contributed by atoms with van der Waals surface area (Å²) in [4.78, 5) is 47.1. The first kappa shape index (κ1) is 27.5. The fraction of sp³-hybridized carbons (Fsp3) is 0.303. The maximum absolute atomic E-state index is 14.1. The van der Waals surface area contributed by atoms with Crippen LogP contribution < -0.4 is 15.0 Å². The second-order valence-corrected chi connectivity index (χ2v) is 10.9. The molecule has 216 valence electrons. The van der Waals surface area contributed by atoms with Crippen molar-refractivity contribution in [1.29, 1.82) is 0 Å². The van der Waals surface area contributed by atoms with E-state index in [2.05, 4.69) is 10.3 Å². The van der Waals surface area contributed by atoms with Gasteiger partial charge in [0.1, 0.15) is 17.8 Å². The molecule has 2 aliphatic rings. The number of rotatable bonds is 9. The van der Waals surface area contributed by atoms with E-state index in [1.807, 2.05) is 62.4 Å². The number of benzene rings is 3. The van der Waals surface area contributed by atoms with Gasteiger partial charge in [0.2, 0.25) is 0 Å². The number of carbonyl (C=O) groups excluding carboxylic acids is 3. The molecule has 1 aromatic heterocycles. The van der Waals surface area contributed by atoms with Crippen LogP contribution in [0.15, 0.2) is 72.8 Å². The van der Waals surface area contributed by atoms with Crippen LogP contribution in [0.5, 0.6) is 5.75 Å². The van der Waals surface area contributed by atoms with E-state index >= 15 is 0 Å². The van der Waals surface area contributed by atoms with Gasteiger partial charge in [-0.2, -0.15) is 0 Å². The number of aromatic amines is 1. The number of methoxy groups -OCH3 is 1. The molecule has 2 atom stereocenters. The summed E-state index contributed by atoms with van der Waals surface area (Å²) in [6.45, 7) is 5.01. The minimum atomic E-state index is -0.670. The average molecular weight is 567 g/mol. The number of hydrogen-bond donors (Lipinski definition) is 2. The van der Waals surface area contributed by atoms with Gasteiger partial charge in [-0.05, 0) is 73.9 Å². The number of para-hydroxylation sites is 1. The van der Waals surface area contributed by atoms with E-state index in [1.54, 1.807) is 36.3 Å². The Morgan fingerprint density at radius 2 is 1.83 bits per heavy atom. The molecule has 1 fully saturated rings. The number of H-pyrrole nitrogens is 1. The summed E-state index contributed by atoms with van der Waals surface area (Å²) in [6, 6.07) is 20.6. The zero-order valence-corrected chi connectivity index (χ0v) is 23.9. The Morgan fingerprint density at radius 1 is 1.05 bits per heavy atom. The Labute approximate surface area is 244 Å². The Morgan fingerprint density at radius 3 is 2.60 bits per heavy atom. The van der Waals surface area contributed by atoms with Crippen LogP contribution in [-0.2, 0) is 16.0 Å². The molecule has 0 aliphatic carbocycles. The molecule has 0 saturated carbocycles. The Hall–Kier alpha value is -4.63. The second kappa shape index (κ2) is 11.3. The van der Waals surface area contributed by atoms with Crippen LogP contribution in [0.1, 0.15) is 53.5 Å². The smallest absolute Gasteiger partial charge is 0.332 e. The van der Waals surface area contributed by atoms with Crippen LogP contribution in [-0.4, -0.2) is 60.1 Å².